The van der Waals surface area contributed by atoms with Crippen molar-refractivity contribution in [2.24, 2.45) is 5.92 Å². The summed E-state index contributed by atoms with van der Waals surface area (Å²) in [6, 6.07) is 20.3. The molecule has 2 aliphatic rings. The molecule has 1 aliphatic carbocycles. The molecule has 4 nitrogen and oxygen atoms in total. The maximum absolute atomic E-state index is 12.9. The van der Waals surface area contributed by atoms with E-state index < -0.39 is 0 Å². The molecule has 2 fully saturated rings. The fourth-order valence-electron chi connectivity index (χ4n) is 4.65. The van der Waals surface area contributed by atoms with Gasteiger partial charge in [-0.1, -0.05) is 61.7 Å². The molecule has 174 valence electrons. The van der Waals surface area contributed by atoms with Crippen LogP contribution in [0.2, 0.25) is 0 Å². The monoisotopic (exact) mass is 535 g/mol. The van der Waals surface area contributed by atoms with Crippen LogP contribution in [0.15, 0.2) is 70.0 Å². The summed E-state index contributed by atoms with van der Waals surface area (Å²) in [5.74, 6) is 0.999. The van der Waals surface area contributed by atoms with Gasteiger partial charge in [-0.15, -0.1) is 0 Å². The first kappa shape index (κ1) is 23.2. The Morgan fingerprint density at radius 2 is 1.76 bits per heavy atom. The van der Waals surface area contributed by atoms with Crippen molar-refractivity contribution in [1.29, 1.82) is 0 Å². The lowest BCUT2D eigenvalue weighted by Crippen LogP contribution is -2.34. The van der Waals surface area contributed by atoms with Crippen LogP contribution in [0.3, 0.4) is 0 Å². The maximum atomic E-state index is 12.9. The minimum absolute atomic E-state index is 0.156. The predicted octanol–water partition coefficient (Wildman–Crippen LogP) is 7.80. The number of amides is 2. The number of carbonyl (C=O) groups is 2. The zero-order valence-electron chi connectivity index (χ0n) is 18.8. The number of benzene rings is 3. The molecule has 0 unspecified atom stereocenters. The molecule has 0 atom stereocenters. The zero-order valence-corrected chi connectivity index (χ0v) is 21.2. The molecular formula is C28H26BrNO3S. The van der Waals surface area contributed by atoms with Crippen LogP contribution in [0.5, 0.6) is 5.75 Å². The van der Waals surface area contributed by atoms with Crippen LogP contribution in [0.25, 0.3) is 16.8 Å². The van der Waals surface area contributed by atoms with Crippen molar-refractivity contribution in [1.82, 2.24) is 4.90 Å². The van der Waals surface area contributed by atoms with Crippen LogP contribution >= 0.6 is 27.7 Å². The molecule has 0 bridgehead atoms. The minimum atomic E-state index is -0.173. The van der Waals surface area contributed by atoms with E-state index in [1.165, 1.54) is 34.9 Å². The number of hydrogen-bond donors (Lipinski definition) is 0. The average Bonchev–Trinajstić information content (AvgIpc) is 3.11. The first-order valence-corrected chi connectivity index (χ1v) is 13.3. The Morgan fingerprint density at radius 1 is 0.971 bits per heavy atom. The molecule has 1 aliphatic heterocycles. The number of rotatable bonds is 6. The van der Waals surface area contributed by atoms with Crippen molar-refractivity contribution < 1.29 is 14.3 Å². The number of ether oxygens (including phenoxy) is 1. The Kier molecular flexibility index (Phi) is 7.07. The van der Waals surface area contributed by atoms with Gasteiger partial charge in [-0.3, -0.25) is 14.5 Å². The van der Waals surface area contributed by atoms with Gasteiger partial charge in [0.25, 0.3) is 11.1 Å². The lowest BCUT2D eigenvalue weighted by molar-refractivity contribution is -0.123. The lowest BCUT2D eigenvalue weighted by Gasteiger charge is -2.25. The number of halogens is 1. The van der Waals surface area contributed by atoms with Gasteiger partial charge in [-0.2, -0.15) is 0 Å². The maximum Gasteiger partial charge on any atom is 0.293 e. The summed E-state index contributed by atoms with van der Waals surface area (Å²) < 4.78 is 6.84. The summed E-state index contributed by atoms with van der Waals surface area (Å²) in [5.41, 5.74) is 1.95. The molecule has 1 heterocycles. The van der Waals surface area contributed by atoms with Gasteiger partial charge in [0.1, 0.15) is 12.4 Å². The summed E-state index contributed by atoms with van der Waals surface area (Å²) in [4.78, 5) is 27.3. The Hall–Kier alpha value is -2.57. The topological polar surface area (TPSA) is 46.6 Å². The van der Waals surface area contributed by atoms with Crippen molar-refractivity contribution in [2.75, 3.05) is 6.54 Å². The largest absolute Gasteiger partial charge is 0.488 e. The average molecular weight is 536 g/mol. The summed E-state index contributed by atoms with van der Waals surface area (Å²) in [5, 5.41) is 2.24. The molecule has 0 radical (unpaired) electrons. The molecule has 0 aromatic heterocycles. The lowest BCUT2D eigenvalue weighted by atomic mass is 9.89. The van der Waals surface area contributed by atoms with Crippen LogP contribution in [-0.2, 0) is 11.4 Å². The normalized spacial score (nSPS) is 18.3. The molecule has 3 aromatic rings. The summed E-state index contributed by atoms with van der Waals surface area (Å²) in [6.45, 7) is 1.01. The molecule has 3 aromatic carbocycles. The number of hydrogen-bond acceptors (Lipinski definition) is 4. The first-order valence-electron chi connectivity index (χ1n) is 11.7. The fraction of sp³-hybridized carbons (Fsp3) is 0.286. The number of fused-ring (bicyclic) bond motifs is 1. The second kappa shape index (κ2) is 10.4. The number of thioether (sulfide) groups is 1. The Bertz CT molecular complexity index is 1270. The van der Waals surface area contributed by atoms with E-state index in [2.05, 4.69) is 46.3 Å². The van der Waals surface area contributed by atoms with Crippen molar-refractivity contribution in [3.63, 3.8) is 0 Å². The van der Waals surface area contributed by atoms with Crippen LogP contribution in [0, 0.1) is 5.92 Å². The Balaban J connectivity index is 1.24. The molecule has 5 rings (SSSR count). The molecule has 1 saturated carbocycles. The third kappa shape index (κ3) is 5.23. The summed E-state index contributed by atoms with van der Waals surface area (Å²) in [7, 11) is 0. The van der Waals surface area contributed by atoms with E-state index in [0.29, 0.717) is 24.0 Å². The van der Waals surface area contributed by atoms with Crippen LogP contribution in [0.4, 0.5) is 4.79 Å². The van der Waals surface area contributed by atoms with E-state index in [-0.39, 0.29) is 11.1 Å². The van der Waals surface area contributed by atoms with Crippen molar-refractivity contribution in [2.45, 2.75) is 38.7 Å². The summed E-state index contributed by atoms with van der Waals surface area (Å²) in [6.07, 6.45) is 7.65. The molecule has 0 N–H and O–H groups in total. The second-order valence-corrected chi connectivity index (χ2v) is 10.8. The molecular weight excluding hydrogens is 510 g/mol. The van der Waals surface area contributed by atoms with E-state index in [0.717, 1.165) is 46.0 Å². The second-order valence-electron chi connectivity index (χ2n) is 8.96. The number of carbonyl (C=O) groups excluding carboxylic acids is 2. The van der Waals surface area contributed by atoms with Gasteiger partial charge in [-0.05, 0) is 92.6 Å². The SMILES string of the molecule is O=C1S/C(=C/c2ccc(OCc3ccc4ccccc4c3)c(Br)c2)C(=O)N1CC1CCCCC1. The molecule has 34 heavy (non-hydrogen) atoms. The van der Waals surface area contributed by atoms with Gasteiger partial charge < -0.3 is 4.74 Å². The smallest absolute Gasteiger partial charge is 0.293 e. The quantitative estimate of drug-likeness (QED) is 0.302. The van der Waals surface area contributed by atoms with Crippen molar-refractivity contribution in [3.05, 3.63) is 81.2 Å². The van der Waals surface area contributed by atoms with Crippen LogP contribution in [0.1, 0.15) is 43.2 Å². The highest BCUT2D eigenvalue weighted by Crippen LogP contribution is 2.36. The summed E-state index contributed by atoms with van der Waals surface area (Å²) >= 11 is 4.63. The third-order valence-corrected chi connectivity index (χ3v) is 8.03. The Morgan fingerprint density at radius 3 is 2.56 bits per heavy atom. The standard InChI is InChI=1S/C28H26BrNO3S/c29-24-15-20(16-26-27(31)30(28(32)34-26)17-19-6-2-1-3-7-19)11-13-25(24)33-18-21-10-12-22-8-4-5-9-23(22)14-21/h4-5,8-16,19H,1-3,6-7,17-18H2/b26-16+. The van der Waals surface area contributed by atoms with Crippen molar-refractivity contribution >= 4 is 55.7 Å². The van der Waals surface area contributed by atoms with Crippen molar-refractivity contribution in [3.8, 4) is 5.75 Å². The van der Waals surface area contributed by atoms with E-state index in [1.807, 2.05) is 30.3 Å². The van der Waals surface area contributed by atoms with Gasteiger partial charge >= 0.3 is 0 Å². The van der Waals surface area contributed by atoms with Crippen LogP contribution in [-0.4, -0.2) is 22.6 Å². The van der Waals surface area contributed by atoms with E-state index >= 15 is 0 Å². The van der Waals surface area contributed by atoms with E-state index in [9.17, 15) is 9.59 Å². The highest BCUT2D eigenvalue weighted by atomic mass is 79.9. The predicted molar refractivity (Wildman–Crippen MR) is 142 cm³/mol. The first-order chi connectivity index (χ1) is 16.6. The highest BCUT2D eigenvalue weighted by molar-refractivity contribution is 9.10. The molecule has 1 saturated heterocycles. The van der Waals surface area contributed by atoms with Gasteiger partial charge in [0.2, 0.25) is 0 Å². The molecule has 2 amide bonds. The van der Waals surface area contributed by atoms with E-state index in [1.54, 1.807) is 6.08 Å². The Labute approximate surface area is 212 Å². The van der Waals surface area contributed by atoms with Crippen LogP contribution < -0.4 is 4.74 Å². The zero-order chi connectivity index (χ0) is 23.5. The van der Waals surface area contributed by atoms with Gasteiger partial charge in [0, 0.05) is 6.54 Å². The third-order valence-electron chi connectivity index (χ3n) is 6.50. The van der Waals surface area contributed by atoms with Gasteiger partial charge in [-0.25, -0.2) is 0 Å². The van der Waals surface area contributed by atoms with E-state index in [4.69, 9.17) is 4.74 Å². The number of imide groups is 1. The van der Waals surface area contributed by atoms with Gasteiger partial charge in [0.05, 0.1) is 9.38 Å². The minimum Gasteiger partial charge on any atom is -0.488 e. The number of nitrogens with zero attached hydrogens (tertiary/aromatic N) is 1. The fourth-order valence-corrected chi connectivity index (χ4v) is 6.01. The van der Waals surface area contributed by atoms with Gasteiger partial charge in [0.15, 0.2) is 0 Å². The highest BCUT2D eigenvalue weighted by Gasteiger charge is 2.36. The molecule has 6 heteroatoms. The molecule has 0 spiro atoms.